The van der Waals surface area contributed by atoms with Crippen molar-refractivity contribution < 1.29 is 13.2 Å². The van der Waals surface area contributed by atoms with Gasteiger partial charge in [-0.25, -0.2) is 17.7 Å². The largest absolute Gasteiger partial charge is 0.320 e. The van der Waals surface area contributed by atoms with Crippen molar-refractivity contribution in [2.75, 3.05) is 19.4 Å². The number of anilines is 1. The molecule has 0 fully saturated rings. The van der Waals surface area contributed by atoms with Crippen molar-refractivity contribution in [3.05, 3.63) is 60.0 Å². The summed E-state index contributed by atoms with van der Waals surface area (Å²) >= 11 is 0. The Kier molecular flexibility index (Phi) is 4.32. The average Bonchev–Trinajstić information content (AvgIpc) is 3.07. The standard InChI is InChI=1S/C17H18N4O3S/c1-12-15(8-9-16-18-10-11-21(12)16)19-17(22)13-4-6-14(7-5-13)25(23,24)20(2)3/h4-11H,1-3H3,(H,19,22). The summed E-state index contributed by atoms with van der Waals surface area (Å²) in [7, 11) is -0.585. The number of fused-ring (bicyclic) bond motifs is 1. The van der Waals surface area contributed by atoms with Crippen LogP contribution in [0.15, 0.2) is 53.7 Å². The Labute approximate surface area is 146 Å². The lowest BCUT2D eigenvalue weighted by molar-refractivity contribution is 0.102. The van der Waals surface area contributed by atoms with Gasteiger partial charge in [-0.2, -0.15) is 0 Å². The Morgan fingerprint density at radius 3 is 2.44 bits per heavy atom. The molecule has 0 spiro atoms. The van der Waals surface area contributed by atoms with Crippen molar-refractivity contribution in [1.82, 2.24) is 13.7 Å². The molecule has 0 bridgehead atoms. The minimum atomic E-state index is -3.51. The second kappa shape index (κ2) is 6.30. The fourth-order valence-electron chi connectivity index (χ4n) is 2.45. The third-order valence-electron chi connectivity index (χ3n) is 3.96. The molecule has 2 heterocycles. The van der Waals surface area contributed by atoms with Crippen LogP contribution in [-0.4, -0.2) is 42.1 Å². The van der Waals surface area contributed by atoms with Gasteiger partial charge >= 0.3 is 0 Å². The number of amides is 1. The molecule has 0 unspecified atom stereocenters. The Morgan fingerprint density at radius 2 is 1.80 bits per heavy atom. The highest BCUT2D eigenvalue weighted by Gasteiger charge is 2.17. The Morgan fingerprint density at radius 1 is 1.12 bits per heavy atom. The number of hydrogen-bond donors (Lipinski definition) is 1. The molecule has 130 valence electrons. The van der Waals surface area contributed by atoms with Gasteiger partial charge in [0, 0.05) is 37.7 Å². The number of sulfonamides is 1. The first-order chi connectivity index (χ1) is 11.8. The molecule has 7 nitrogen and oxygen atoms in total. The maximum Gasteiger partial charge on any atom is 0.255 e. The first kappa shape index (κ1) is 17.1. The summed E-state index contributed by atoms with van der Waals surface area (Å²) in [5.74, 6) is -0.309. The zero-order chi connectivity index (χ0) is 18.2. The zero-order valence-corrected chi connectivity index (χ0v) is 14.9. The highest BCUT2D eigenvalue weighted by molar-refractivity contribution is 7.89. The molecule has 2 aromatic heterocycles. The van der Waals surface area contributed by atoms with Crippen LogP contribution in [0, 0.1) is 6.92 Å². The monoisotopic (exact) mass is 358 g/mol. The average molecular weight is 358 g/mol. The van der Waals surface area contributed by atoms with Gasteiger partial charge in [0.1, 0.15) is 5.65 Å². The molecule has 25 heavy (non-hydrogen) atoms. The fraction of sp³-hybridized carbons (Fsp3) is 0.176. The summed E-state index contributed by atoms with van der Waals surface area (Å²) in [5, 5.41) is 2.84. The van der Waals surface area contributed by atoms with Gasteiger partial charge in [0.25, 0.3) is 5.91 Å². The molecule has 0 radical (unpaired) electrons. The number of pyridine rings is 1. The molecule has 0 saturated heterocycles. The van der Waals surface area contributed by atoms with E-state index in [4.69, 9.17) is 0 Å². The van der Waals surface area contributed by atoms with E-state index in [1.54, 1.807) is 12.3 Å². The predicted octanol–water partition coefficient (Wildman–Crippen LogP) is 2.15. The number of carbonyl (C=O) groups excluding carboxylic acids is 1. The first-order valence-electron chi connectivity index (χ1n) is 7.57. The Balaban J connectivity index is 1.84. The molecule has 3 aromatic rings. The molecule has 0 aliphatic heterocycles. The van der Waals surface area contributed by atoms with Crippen LogP contribution in [0.1, 0.15) is 16.1 Å². The molecule has 8 heteroatoms. The number of imidazole rings is 1. The number of aryl methyl sites for hydroxylation is 1. The van der Waals surface area contributed by atoms with Crippen molar-refractivity contribution in [2.24, 2.45) is 0 Å². The number of rotatable bonds is 4. The first-order valence-corrected chi connectivity index (χ1v) is 9.01. The molecule has 0 aliphatic carbocycles. The second-order valence-corrected chi connectivity index (χ2v) is 7.91. The lowest BCUT2D eigenvalue weighted by atomic mass is 10.2. The number of aromatic nitrogens is 2. The molecule has 0 aliphatic rings. The van der Waals surface area contributed by atoms with E-state index >= 15 is 0 Å². The van der Waals surface area contributed by atoms with Gasteiger partial charge in [-0.3, -0.25) is 4.79 Å². The van der Waals surface area contributed by atoms with Crippen LogP contribution in [0.25, 0.3) is 5.65 Å². The van der Waals surface area contributed by atoms with Crippen LogP contribution in [0.4, 0.5) is 5.69 Å². The van der Waals surface area contributed by atoms with Gasteiger partial charge < -0.3 is 9.72 Å². The number of benzene rings is 1. The third kappa shape index (κ3) is 3.13. The topological polar surface area (TPSA) is 83.8 Å². The predicted molar refractivity (Wildman–Crippen MR) is 95.2 cm³/mol. The molecular weight excluding hydrogens is 340 g/mol. The van der Waals surface area contributed by atoms with E-state index in [9.17, 15) is 13.2 Å². The van der Waals surface area contributed by atoms with Gasteiger partial charge in [-0.1, -0.05) is 0 Å². The van der Waals surface area contributed by atoms with E-state index in [1.165, 1.54) is 38.4 Å². The zero-order valence-electron chi connectivity index (χ0n) is 14.1. The summed E-state index contributed by atoms with van der Waals surface area (Å²) in [6.45, 7) is 1.89. The van der Waals surface area contributed by atoms with Crippen LogP contribution in [0.3, 0.4) is 0 Å². The minimum absolute atomic E-state index is 0.144. The SMILES string of the molecule is Cc1c(NC(=O)c2ccc(S(=O)(=O)N(C)C)cc2)ccc2nccn12. The van der Waals surface area contributed by atoms with Crippen molar-refractivity contribution in [2.45, 2.75) is 11.8 Å². The minimum Gasteiger partial charge on any atom is -0.320 e. The summed E-state index contributed by atoms with van der Waals surface area (Å²) in [4.78, 5) is 16.8. The van der Waals surface area contributed by atoms with Crippen molar-refractivity contribution >= 4 is 27.3 Å². The van der Waals surface area contributed by atoms with Crippen molar-refractivity contribution in [3.63, 3.8) is 0 Å². The number of nitrogens with one attached hydrogen (secondary N) is 1. The summed E-state index contributed by atoms with van der Waals surface area (Å²) in [6.07, 6.45) is 3.51. The van der Waals surface area contributed by atoms with Crippen LogP contribution < -0.4 is 5.32 Å². The molecule has 0 atom stereocenters. The Hall–Kier alpha value is -2.71. The van der Waals surface area contributed by atoms with Gasteiger partial charge in [0.2, 0.25) is 10.0 Å². The van der Waals surface area contributed by atoms with Gasteiger partial charge in [-0.05, 0) is 43.3 Å². The lowest BCUT2D eigenvalue weighted by Crippen LogP contribution is -2.22. The fourth-order valence-corrected chi connectivity index (χ4v) is 3.35. The highest BCUT2D eigenvalue weighted by atomic mass is 32.2. The molecule has 1 aromatic carbocycles. The van der Waals surface area contributed by atoms with Crippen LogP contribution in [0.5, 0.6) is 0 Å². The highest BCUT2D eigenvalue weighted by Crippen LogP contribution is 2.19. The second-order valence-electron chi connectivity index (χ2n) is 5.75. The molecule has 1 N–H and O–H groups in total. The molecule has 1 amide bonds. The number of hydrogen-bond acceptors (Lipinski definition) is 4. The van der Waals surface area contributed by atoms with E-state index in [-0.39, 0.29) is 10.8 Å². The van der Waals surface area contributed by atoms with Gasteiger partial charge in [0.05, 0.1) is 10.6 Å². The molecular formula is C17H18N4O3S. The number of nitrogens with zero attached hydrogens (tertiary/aromatic N) is 3. The van der Waals surface area contributed by atoms with E-state index in [0.29, 0.717) is 11.3 Å². The van der Waals surface area contributed by atoms with E-state index < -0.39 is 10.0 Å². The smallest absolute Gasteiger partial charge is 0.255 e. The van der Waals surface area contributed by atoms with Gasteiger partial charge in [0.15, 0.2) is 0 Å². The normalized spacial score (nSPS) is 11.8. The summed E-state index contributed by atoms with van der Waals surface area (Å²) in [5.41, 5.74) is 2.70. The van der Waals surface area contributed by atoms with Crippen molar-refractivity contribution in [1.29, 1.82) is 0 Å². The quantitative estimate of drug-likeness (QED) is 0.774. The third-order valence-corrected chi connectivity index (χ3v) is 5.79. The van der Waals surface area contributed by atoms with Crippen LogP contribution in [-0.2, 0) is 10.0 Å². The number of carbonyl (C=O) groups is 1. The summed E-state index contributed by atoms with van der Waals surface area (Å²) in [6, 6.07) is 9.45. The van der Waals surface area contributed by atoms with E-state index in [1.807, 2.05) is 23.6 Å². The van der Waals surface area contributed by atoms with Gasteiger partial charge in [-0.15, -0.1) is 0 Å². The lowest BCUT2D eigenvalue weighted by Gasteiger charge is -2.12. The van der Waals surface area contributed by atoms with E-state index in [2.05, 4.69) is 10.3 Å². The maximum absolute atomic E-state index is 12.4. The van der Waals surface area contributed by atoms with Crippen molar-refractivity contribution in [3.8, 4) is 0 Å². The van der Waals surface area contributed by atoms with Crippen LogP contribution in [0.2, 0.25) is 0 Å². The molecule has 0 saturated carbocycles. The molecule has 3 rings (SSSR count). The Bertz CT molecular complexity index is 1040. The summed E-state index contributed by atoms with van der Waals surface area (Å²) < 4.78 is 27.1. The maximum atomic E-state index is 12.4. The van der Waals surface area contributed by atoms with Crippen LogP contribution >= 0.6 is 0 Å². The van der Waals surface area contributed by atoms with E-state index in [0.717, 1.165) is 15.6 Å².